The lowest BCUT2D eigenvalue weighted by Gasteiger charge is -2.43. The van der Waals surface area contributed by atoms with Crippen molar-refractivity contribution < 1.29 is 9.13 Å². The van der Waals surface area contributed by atoms with E-state index in [1.807, 2.05) is 6.07 Å². The third-order valence-electron chi connectivity index (χ3n) is 4.21. The fourth-order valence-corrected chi connectivity index (χ4v) is 3.54. The van der Waals surface area contributed by atoms with Crippen LogP contribution in [0.3, 0.4) is 0 Å². The Morgan fingerprint density at radius 1 is 1.40 bits per heavy atom. The van der Waals surface area contributed by atoms with Gasteiger partial charge in [0.2, 0.25) is 0 Å². The number of hydrogen-bond acceptors (Lipinski definition) is 2. The molecule has 20 heavy (non-hydrogen) atoms. The summed E-state index contributed by atoms with van der Waals surface area (Å²) in [4.78, 5) is 0. The minimum absolute atomic E-state index is 0.0391. The molecule has 1 unspecified atom stereocenters. The quantitative estimate of drug-likeness (QED) is 0.805. The largest absolute Gasteiger partial charge is 0.378 e. The summed E-state index contributed by atoms with van der Waals surface area (Å²) < 4.78 is 20.0. The van der Waals surface area contributed by atoms with Crippen LogP contribution in [0.15, 0.2) is 22.7 Å². The van der Waals surface area contributed by atoms with Gasteiger partial charge in [0.15, 0.2) is 0 Å². The standard InChI is InChI=1S/C16H23BrFNO/c1-3-19-15(11-16(20-2)5-4-6-16)9-12-7-13(17)10-14(18)8-12/h7-8,10,15,19H,3-6,9,11H2,1-2H3. The van der Waals surface area contributed by atoms with E-state index in [1.165, 1.54) is 12.5 Å². The zero-order valence-electron chi connectivity index (χ0n) is 12.2. The van der Waals surface area contributed by atoms with Crippen molar-refractivity contribution in [1.82, 2.24) is 5.32 Å². The van der Waals surface area contributed by atoms with Crippen molar-refractivity contribution in [2.45, 2.75) is 50.7 Å². The first-order valence-electron chi connectivity index (χ1n) is 7.30. The van der Waals surface area contributed by atoms with Crippen molar-refractivity contribution in [2.75, 3.05) is 13.7 Å². The fourth-order valence-electron chi connectivity index (χ4n) is 3.03. The monoisotopic (exact) mass is 343 g/mol. The highest BCUT2D eigenvalue weighted by atomic mass is 79.9. The molecular weight excluding hydrogens is 321 g/mol. The maximum absolute atomic E-state index is 13.5. The van der Waals surface area contributed by atoms with Gasteiger partial charge in [-0.05, 0) is 62.4 Å². The number of halogens is 2. The highest BCUT2D eigenvalue weighted by Crippen LogP contribution is 2.39. The molecule has 1 atom stereocenters. The predicted octanol–water partition coefficient (Wildman–Crippen LogP) is 4.07. The SMILES string of the molecule is CCNC(Cc1cc(F)cc(Br)c1)CC1(OC)CCC1. The van der Waals surface area contributed by atoms with Gasteiger partial charge in [0, 0.05) is 17.6 Å². The molecule has 1 aromatic carbocycles. The summed E-state index contributed by atoms with van der Waals surface area (Å²) in [5.74, 6) is -0.185. The zero-order valence-corrected chi connectivity index (χ0v) is 13.8. The minimum Gasteiger partial charge on any atom is -0.378 e. The van der Waals surface area contributed by atoms with Crippen LogP contribution in [0.25, 0.3) is 0 Å². The molecule has 0 radical (unpaired) electrons. The van der Waals surface area contributed by atoms with Crippen LogP contribution < -0.4 is 5.32 Å². The molecule has 0 aliphatic heterocycles. The Kier molecular flexibility index (Phi) is 5.58. The van der Waals surface area contributed by atoms with Crippen molar-refractivity contribution in [2.24, 2.45) is 0 Å². The Balaban J connectivity index is 2.04. The average Bonchev–Trinajstić information content (AvgIpc) is 2.32. The predicted molar refractivity (Wildman–Crippen MR) is 83.5 cm³/mol. The third kappa shape index (κ3) is 4.03. The summed E-state index contributed by atoms with van der Waals surface area (Å²) in [6.07, 6.45) is 5.34. The van der Waals surface area contributed by atoms with Crippen LogP contribution in [-0.4, -0.2) is 25.3 Å². The van der Waals surface area contributed by atoms with Crippen LogP contribution in [0.2, 0.25) is 0 Å². The lowest BCUT2D eigenvalue weighted by molar-refractivity contribution is -0.0833. The number of likely N-dealkylation sites (N-methyl/N-ethyl adjacent to an activating group) is 1. The molecule has 1 aromatic rings. The molecule has 1 saturated carbocycles. The molecule has 1 fully saturated rings. The van der Waals surface area contributed by atoms with Gasteiger partial charge in [-0.15, -0.1) is 0 Å². The smallest absolute Gasteiger partial charge is 0.124 e. The van der Waals surface area contributed by atoms with E-state index in [0.717, 1.165) is 42.3 Å². The lowest BCUT2D eigenvalue weighted by atomic mass is 9.75. The van der Waals surface area contributed by atoms with Crippen LogP contribution in [0.1, 0.15) is 38.2 Å². The van der Waals surface area contributed by atoms with Crippen molar-refractivity contribution in [3.8, 4) is 0 Å². The number of nitrogens with one attached hydrogen (secondary N) is 1. The van der Waals surface area contributed by atoms with Crippen LogP contribution in [-0.2, 0) is 11.2 Å². The highest BCUT2D eigenvalue weighted by molar-refractivity contribution is 9.10. The molecule has 0 amide bonds. The van der Waals surface area contributed by atoms with Gasteiger partial charge in [-0.3, -0.25) is 0 Å². The summed E-state index contributed by atoms with van der Waals surface area (Å²) in [5.41, 5.74) is 1.06. The number of hydrogen-bond donors (Lipinski definition) is 1. The number of benzene rings is 1. The summed E-state index contributed by atoms with van der Waals surface area (Å²) in [6, 6.07) is 5.44. The molecule has 112 valence electrons. The number of rotatable bonds is 7. The molecule has 1 N–H and O–H groups in total. The van der Waals surface area contributed by atoms with Gasteiger partial charge in [-0.1, -0.05) is 22.9 Å². The molecule has 1 aliphatic rings. The van der Waals surface area contributed by atoms with Crippen molar-refractivity contribution in [3.05, 3.63) is 34.1 Å². The van der Waals surface area contributed by atoms with E-state index < -0.39 is 0 Å². The summed E-state index contributed by atoms with van der Waals surface area (Å²) in [5, 5.41) is 3.51. The Bertz CT molecular complexity index is 422. The molecule has 0 saturated heterocycles. The minimum atomic E-state index is -0.185. The maximum atomic E-state index is 13.5. The highest BCUT2D eigenvalue weighted by Gasteiger charge is 2.38. The average molecular weight is 344 g/mol. The van der Waals surface area contributed by atoms with Gasteiger partial charge < -0.3 is 10.1 Å². The molecule has 1 aliphatic carbocycles. The second kappa shape index (κ2) is 7.01. The zero-order chi connectivity index (χ0) is 14.6. The Morgan fingerprint density at radius 3 is 2.65 bits per heavy atom. The fraction of sp³-hybridized carbons (Fsp3) is 0.625. The van der Waals surface area contributed by atoms with Crippen LogP contribution in [0.4, 0.5) is 4.39 Å². The van der Waals surface area contributed by atoms with Crippen molar-refractivity contribution in [1.29, 1.82) is 0 Å². The topological polar surface area (TPSA) is 21.3 Å². The molecular formula is C16H23BrFNO. The second-order valence-electron chi connectivity index (χ2n) is 5.68. The van der Waals surface area contributed by atoms with Crippen molar-refractivity contribution >= 4 is 15.9 Å². The molecule has 2 nitrogen and oxygen atoms in total. The van der Waals surface area contributed by atoms with Crippen LogP contribution in [0.5, 0.6) is 0 Å². The van der Waals surface area contributed by atoms with Gasteiger partial charge in [0.05, 0.1) is 5.60 Å². The molecule has 0 aromatic heterocycles. The van der Waals surface area contributed by atoms with Crippen LogP contribution in [0, 0.1) is 5.82 Å². The van der Waals surface area contributed by atoms with E-state index in [0.29, 0.717) is 6.04 Å². The maximum Gasteiger partial charge on any atom is 0.124 e. The van der Waals surface area contributed by atoms with Gasteiger partial charge >= 0.3 is 0 Å². The molecule has 4 heteroatoms. The lowest BCUT2D eigenvalue weighted by Crippen LogP contribution is -2.46. The molecule has 0 heterocycles. The summed E-state index contributed by atoms with van der Waals surface area (Å²) in [6.45, 7) is 3.02. The summed E-state index contributed by atoms with van der Waals surface area (Å²) in [7, 11) is 1.81. The van der Waals surface area contributed by atoms with E-state index in [-0.39, 0.29) is 11.4 Å². The van der Waals surface area contributed by atoms with E-state index in [4.69, 9.17) is 4.74 Å². The van der Waals surface area contributed by atoms with E-state index >= 15 is 0 Å². The Morgan fingerprint density at radius 2 is 2.15 bits per heavy atom. The van der Waals surface area contributed by atoms with Gasteiger partial charge in [0.25, 0.3) is 0 Å². The van der Waals surface area contributed by atoms with Gasteiger partial charge in [-0.25, -0.2) is 4.39 Å². The Hall–Kier alpha value is -0.450. The third-order valence-corrected chi connectivity index (χ3v) is 4.67. The van der Waals surface area contributed by atoms with Crippen LogP contribution >= 0.6 is 15.9 Å². The van der Waals surface area contributed by atoms with Gasteiger partial charge in [-0.2, -0.15) is 0 Å². The number of methoxy groups -OCH3 is 1. The molecule has 0 bridgehead atoms. The second-order valence-corrected chi connectivity index (χ2v) is 6.60. The van der Waals surface area contributed by atoms with E-state index in [2.05, 4.69) is 28.2 Å². The molecule has 2 rings (SSSR count). The van der Waals surface area contributed by atoms with Crippen molar-refractivity contribution in [3.63, 3.8) is 0 Å². The van der Waals surface area contributed by atoms with E-state index in [9.17, 15) is 4.39 Å². The first-order valence-corrected chi connectivity index (χ1v) is 8.10. The number of ether oxygens (including phenoxy) is 1. The first kappa shape index (κ1) is 15.9. The van der Waals surface area contributed by atoms with E-state index in [1.54, 1.807) is 13.2 Å². The Labute approximate surface area is 129 Å². The van der Waals surface area contributed by atoms with Gasteiger partial charge in [0.1, 0.15) is 5.82 Å². The normalized spacial score (nSPS) is 18.6. The summed E-state index contributed by atoms with van der Waals surface area (Å²) >= 11 is 3.36. The molecule has 0 spiro atoms. The first-order chi connectivity index (χ1) is 9.57.